The minimum absolute atomic E-state index is 0.0173. The highest BCUT2D eigenvalue weighted by Crippen LogP contribution is 2.25. The molecule has 18 heavy (non-hydrogen) atoms. The first-order valence-electron chi connectivity index (χ1n) is 6.01. The number of aliphatic hydroxyl groups is 1. The molecule has 1 N–H and O–H groups in total. The van der Waals surface area contributed by atoms with Gasteiger partial charge in [0, 0.05) is 13.1 Å². The summed E-state index contributed by atoms with van der Waals surface area (Å²) in [5.74, 6) is 0.630. The predicted octanol–water partition coefficient (Wildman–Crippen LogP) is 1.54. The largest absolute Gasteiger partial charge is 0.489 e. The van der Waals surface area contributed by atoms with Gasteiger partial charge in [0.05, 0.1) is 18.2 Å². The molecule has 0 amide bonds. The monoisotopic (exact) mass is 271 g/mol. The van der Waals surface area contributed by atoms with E-state index in [1.807, 2.05) is 0 Å². The van der Waals surface area contributed by atoms with Crippen molar-refractivity contribution in [3.8, 4) is 5.75 Å². The molecule has 1 heterocycles. The zero-order valence-electron chi connectivity index (χ0n) is 10.4. The highest BCUT2D eigenvalue weighted by Gasteiger charge is 2.18. The first-order chi connectivity index (χ1) is 8.69. The van der Waals surface area contributed by atoms with Gasteiger partial charge in [0.2, 0.25) is 0 Å². The van der Waals surface area contributed by atoms with E-state index in [0.29, 0.717) is 17.4 Å². The van der Waals surface area contributed by atoms with E-state index in [4.69, 9.17) is 26.2 Å². The van der Waals surface area contributed by atoms with Gasteiger partial charge >= 0.3 is 0 Å². The van der Waals surface area contributed by atoms with Crippen molar-refractivity contribution in [1.29, 1.82) is 0 Å². The van der Waals surface area contributed by atoms with Gasteiger partial charge in [-0.25, -0.2) is 0 Å². The molecule has 1 aliphatic rings. The fourth-order valence-electron chi connectivity index (χ4n) is 1.91. The Hall–Kier alpha value is -0.810. The molecule has 1 unspecified atom stereocenters. The summed E-state index contributed by atoms with van der Waals surface area (Å²) in [6.07, 6.45) is 0.0809. The lowest BCUT2D eigenvalue weighted by molar-refractivity contribution is -0.0403. The Morgan fingerprint density at radius 2 is 2.39 bits per heavy atom. The van der Waals surface area contributed by atoms with E-state index in [1.165, 1.54) is 0 Å². The average Bonchev–Trinajstić information content (AvgIpc) is 2.37. The van der Waals surface area contributed by atoms with Crippen LogP contribution in [0.25, 0.3) is 0 Å². The van der Waals surface area contributed by atoms with Gasteiger partial charge in [-0.2, -0.15) is 0 Å². The molecule has 1 aromatic rings. The van der Waals surface area contributed by atoms with Crippen LogP contribution >= 0.6 is 11.6 Å². The lowest BCUT2D eigenvalue weighted by atomic mass is 10.2. The average molecular weight is 272 g/mol. The Morgan fingerprint density at radius 1 is 1.56 bits per heavy atom. The van der Waals surface area contributed by atoms with Gasteiger partial charge in [-0.05, 0) is 24.7 Å². The number of rotatable bonds is 4. The first-order valence-corrected chi connectivity index (χ1v) is 6.39. The van der Waals surface area contributed by atoms with Crippen molar-refractivity contribution in [2.45, 2.75) is 12.7 Å². The fourth-order valence-corrected chi connectivity index (χ4v) is 2.17. The normalized spacial score (nSPS) is 20.9. The summed E-state index contributed by atoms with van der Waals surface area (Å²) in [5, 5.41) is 9.51. The van der Waals surface area contributed by atoms with Crippen molar-refractivity contribution in [2.24, 2.45) is 0 Å². The topological polar surface area (TPSA) is 41.9 Å². The van der Waals surface area contributed by atoms with Crippen LogP contribution in [0.15, 0.2) is 18.2 Å². The van der Waals surface area contributed by atoms with Gasteiger partial charge in [0.1, 0.15) is 18.5 Å². The van der Waals surface area contributed by atoms with E-state index in [1.54, 1.807) is 18.2 Å². The highest BCUT2D eigenvalue weighted by molar-refractivity contribution is 6.32. The second-order valence-electron chi connectivity index (χ2n) is 4.49. The van der Waals surface area contributed by atoms with Crippen LogP contribution in [0.1, 0.15) is 5.56 Å². The van der Waals surface area contributed by atoms with E-state index in [9.17, 15) is 0 Å². The molecule has 1 atom stereocenters. The maximum atomic E-state index is 8.99. The number of halogens is 1. The molecule has 0 aliphatic carbocycles. The van der Waals surface area contributed by atoms with Crippen LogP contribution in [-0.4, -0.2) is 49.5 Å². The molecule has 0 radical (unpaired) electrons. The lowest BCUT2D eigenvalue weighted by Gasteiger charge is -2.29. The summed E-state index contributed by atoms with van der Waals surface area (Å²) in [5.41, 5.74) is 0.779. The number of benzene rings is 1. The van der Waals surface area contributed by atoms with Crippen LogP contribution in [0.2, 0.25) is 5.02 Å². The number of hydrogen-bond acceptors (Lipinski definition) is 4. The molecular weight excluding hydrogens is 254 g/mol. The third-order valence-electron chi connectivity index (χ3n) is 2.95. The maximum Gasteiger partial charge on any atom is 0.138 e. The summed E-state index contributed by atoms with van der Waals surface area (Å²) < 4.78 is 11.3. The minimum atomic E-state index is -0.0173. The zero-order chi connectivity index (χ0) is 13.0. The van der Waals surface area contributed by atoms with E-state index in [0.717, 1.165) is 25.3 Å². The van der Waals surface area contributed by atoms with Crippen LogP contribution in [0.3, 0.4) is 0 Å². The highest BCUT2D eigenvalue weighted by atomic mass is 35.5. The smallest absolute Gasteiger partial charge is 0.138 e. The number of nitrogens with zero attached hydrogens (tertiary/aromatic N) is 1. The van der Waals surface area contributed by atoms with Crippen LogP contribution in [0.5, 0.6) is 5.75 Å². The van der Waals surface area contributed by atoms with E-state index in [2.05, 4.69) is 11.9 Å². The Labute approximate surface area is 112 Å². The maximum absolute atomic E-state index is 8.99. The summed E-state index contributed by atoms with van der Waals surface area (Å²) in [4.78, 5) is 2.22. The lowest BCUT2D eigenvalue weighted by Crippen LogP contribution is -2.42. The van der Waals surface area contributed by atoms with Gasteiger partial charge in [-0.15, -0.1) is 0 Å². The molecule has 0 saturated carbocycles. The van der Waals surface area contributed by atoms with Crippen molar-refractivity contribution < 1.29 is 14.6 Å². The number of likely N-dealkylation sites (N-methyl/N-ethyl adjacent to an activating group) is 1. The Balaban J connectivity index is 1.89. The summed E-state index contributed by atoms with van der Waals surface area (Å²) in [6, 6.07) is 5.29. The number of aliphatic hydroxyl groups excluding tert-OH is 1. The van der Waals surface area contributed by atoms with Crippen molar-refractivity contribution in [3.63, 3.8) is 0 Å². The van der Waals surface area contributed by atoms with Crippen molar-refractivity contribution in [2.75, 3.05) is 33.4 Å². The van der Waals surface area contributed by atoms with Crippen LogP contribution in [0, 0.1) is 0 Å². The summed E-state index contributed by atoms with van der Waals surface area (Å²) in [7, 11) is 2.07. The zero-order valence-corrected chi connectivity index (χ0v) is 11.2. The Morgan fingerprint density at radius 3 is 3.06 bits per heavy atom. The Kier molecular flexibility index (Phi) is 4.83. The summed E-state index contributed by atoms with van der Waals surface area (Å²) in [6.45, 7) is 3.04. The molecule has 100 valence electrons. The molecule has 1 aliphatic heterocycles. The van der Waals surface area contributed by atoms with Crippen molar-refractivity contribution in [1.82, 2.24) is 4.90 Å². The molecular formula is C13H18ClNO3. The SMILES string of the molecule is CN1CCOC(COc2ccc(CO)cc2Cl)C1. The molecule has 2 rings (SSSR count). The molecule has 5 heteroatoms. The van der Waals surface area contributed by atoms with E-state index >= 15 is 0 Å². The molecule has 0 bridgehead atoms. The van der Waals surface area contributed by atoms with Gasteiger partial charge < -0.3 is 19.5 Å². The standard InChI is InChI=1S/C13H18ClNO3/c1-15-4-5-17-11(7-15)9-18-13-3-2-10(8-16)6-12(13)14/h2-3,6,11,16H,4-5,7-9H2,1H3. The van der Waals surface area contributed by atoms with Gasteiger partial charge in [0.25, 0.3) is 0 Å². The van der Waals surface area contributed by atoms with Gasteiger partial charge in [0.15, 0.2) is 0 Å². The van der Waals surface area contributed by atoms with Crippen molar-refractivity contribution >= 4 is 11.6 Å². The molecule has 0 aromatic heterocycles. The molecule has 1 fully saturated rings. The molecule has 4 nitrogen and oxygen atoms in total. The van der Waals surface area contributed by atoms with E-state index < -0.39 is 0 Å². The molecule has 0 spiro atoms. The minimum Gasteiger partial charge on any atom is -0.489 e. The van der Waals surface area contributed by atoms with Gasteiger partial charge in [-0.1, -0.05) is 17.7 Å². The van der Waals surface area contributed by atoms with E-state index in [-0.39, 0.29) is 12.7 Å². The number of ether oxygens (including phenoxy) is 2. The molecule has 1 saturated heterocycles. The second kappa shape index (κ2) is 6.38. The quantitative estimate of drug-likeness (QED) is 0.902. The molecule has 1 aromatic carbocycles. The number of morpholine rings is 1. The first kappa shape index (κ1) is 13.6. The Bertz CT molecular complexity index is 400. The predicted molar refractivity (Wildman–Crippen MR) is 70.1 cm³/mol. The third-order valence-corrected chi connectivity index (χ3v) is 3.24. The second-order valence-corrected chi connectivity index (χ2v) is 4.90. The fraction of sp³-hybridized carbons (Fsp3) is 0.538. The van der Waals surface area contributed by atoms with Crippen LogP contribution < -0.4 is 4.74 Å². The van der Waals surface area contributed by atoms with Gasteiger partial charge in [-0.3, -0.25) is 0 Å². The van der Waals surface area contributed by atoms with Crippen molar-refractivity contribution in [3.05, 3.63) is 28.8 Å². The van der Waals surface area contributed by atoms with Crippen LogP contribution in [-0.2, 0) is 11.3 Å². The summed E-state index contributed by atoms with van der Waals surface area (Å²) >= 11 is 6.07. The number of hydrogen-bond donors (Lipinski definition) is 1. The van der Waals surface area contributed by atoms with Crippen LogP contribution in [0.4, 0.5) is 0 Å². The third kappa shape index (κ3) is 3.59.